The number of hydrogen-bond donors (Lipinski definition) is 2. The Morgan fingerprint density at radius 3 is 2.29 bits per heavy atom. The molecule has 0 bridgehead atoms. The minimum atomic E-state index is -1.35. The fraction of sp³-hybridized carbons (Fsp3) is 0.200. The van der Waals surface area contributed by atoms with E-state index >= 15 is 0 Å². The largest absolute Gasteiger partial charge is 0.388 e. The molecule has 0 aliphatic carbocycles. The molecule has 2 aromatic carbocycles. The minimum absolute atomic E-state index is 0.0117. The van der Waals surface area contributed by atoms with E-state index in [1.54, 1.807) is 0 Å². The highest BCUT2D eigenvalue weighted by atomic mass is 35.5. The van der Waals surface area contributed by atoms with Crippen LogP contribution < -0.4 is 5.73 Å². The van der Waals surface area contributed by atoms with Crippen molar-refractivity contribution in [3.63, 3.8) is 0 Å². The zero-order chi connectivity index (χ0) is 15.6. The molecule has 0 saturated heterocycles. The molecule has 0 aliphatic heterocycles. The van der Waals surface area contributed by atoms with Crippen LogP contribution in [0.3, 0.4) is 0 Å². The zero-order valence-corrected chi connectivity index (χ0v) is 11.6. The molecule has 0 heterocycles. The molecule has 2 unspecified atom stereocenters. The fourth-order valence-corrected chi connectivity index (χ4v) is 2.39. The lowest BCUT2D eigenvalue weighted by molar-refractivity contribution is 0.145. The van der Waals surface area contributed by atoms with Crippen LogP contribution in [0.1, 0.15) is 23.1 Å². The second-order valence-electron chi connectivity index (χ2n) is 4.63. The zero-order valence-electron chi connectivity index (χ0n) is 10.9. The predicted octanol–water partition coefficient (Wildman–Crippen LogP) is 3.53. The summed E-state index contributed by atoms with van der Waals surface area (Å²) in [6.45, 7) is -0.115. The van der Waals surface area contributed by atoms with Crippen molar-refractivity contribution in [2.24, 2.45) is 5.73 Å². The lowest BCUT2D eigenvalue weighted by atomic mass is 9.89. The van der Waals surface area contributed by atoms with Crippen LogP contribution in [-0.2, 0) is 0 Å². The van der Waals surface area contributed by atoms with Crippen LogP contribution in [0.2, 0.25) is 5.02 Å². The molecular weight excluding hydrogens is 303 g/mol. The maximum atomic E-state index is 14.0. The van der Waals surface area contributed by atoms with Crippen LogP contribution >= 0.6 is 11.6 Å². The number of nitrogens with two attached hydrogens (primary N) is 1. The number of aliphatic hydroxyl groups is 1. The van der Waals surface area contributed by atoms with E-state index < -0.39 is 29.5 Å². The van der Waals surface area contributed by atoms with E-state index in [9.17, 15) is 18.3 Å². The molecule has 0 spiro atoms. The first-order valence-electron chi connectivity index (χ1n) is 6.22. The van der Waals surface area contributed by atoms with Gasteiger partial charge in [0.2, 0.25) is 0 Å². The van der Waals surface area contributed by atoms with Crippen LogP contribution in [-0.4, -0.2) is 11.7 Å². The molecule has 0 radical (unpaired) electrons. The number of rotatable bonds is 4. The van der Waals surface area contributed by atoms with Gasteiger partial charge in [0.1, 0.15) is 17.5 Å². The van der Waals surface area contributed by atoms with Gasteiger partial charge < -0.3 is 10.8 Å². The third kappa shape index (κ3) is 3.37. The molecule has 3 N–H and O–H groups in total. The quantitative estimate of drug-likeness (QED) is 0.906. The molecule has 2 rings (SSSR count). The van der Waals surface area contributed by atoms with Gasteiger partial charge in [-0.15, -0.1) is 0 Å². The summed E-state index contributed by atoms with van der Waals surface area (Å²) in [7, 11) is 0. The second kappa shape index (κ2) is 6.47. The Bertz CT molecular complexity index is 631. The van der Waals surface area contributed by atoms with Crippen LogP contribution in [0.25, 0.3) is 0 Å². The van der Waals surface area contributed by atoms with Gasteiger partial charge in [-0.3, -0.25) is 0 Å². The summed E-state index contributed by atoms with van der Waals surface area (Å²) in [6, 6.07) is 6.97. The summed E-state index contributed by atoms with van der Waals surface area (Å²) < 4.78 is 40.5. The van der Waals surface area contributed by atoms with Crippen molar-refractivity contribution < 1.29 is 18.3 Å². The Labute approximate surface area is 125 Å². The van der Waals surface area contributed by atoms with Crippen molar-refractivity contribution >= 4 is 11.6 Å². The molecule has 112 valence electrons. The average Bonchev–Trinajstić information content (AvgIpc) is 2.43. The number of halogens is 4. The maximum absolute atomic E-state index is 14.0. The second-order valence-corrected chi connectivity index (χ2v) is 5.04. The van der Waals surface area contributed by atoms with E-state index in [1.807, 2.05) is 0 Å². The molecular formula is C15H13ClF3NO. The molecule has 2 atom stereocenters. The van der Waals surface area contributed by atoms with Gasteiger partial charge in [0.25, 0.3) is 0 Å². The van der Waals surface area contributed by atoms with E-state index in [1.165, 1.54) is 18.2 Å². The summed E-state index contributed by atoms with van der Waals surface area (Å²) in [5, 5.41) is 10.2. The Kier molecular flexibility index (Phi) is 4.88. The highest BCUT2D eigenvalue weighted by Gasteiger charge is 2.26. The van der Waals surface area contributed by atoms with Crippen molar-refractivity contribution in [2.75, 3.05) is 6.54 Å². The number of hydrogen-bond acceptors (Lipinski definition) is 2. The first-order valence-corrected chi connectivity index (χ1v) is 6.60. The van der Waals surface area contributed by atoms with Gasteiger partial charge in [-0.05, 0) is 29.3 Å². The lowest BCUT2D eigenvalue weighted by Crippen LogP contribution is -2.21. The molecule has 0 saturated carbocycles. The Balaban J connectivity index is 2.43. The molecule has 2 aromatic rings. The molecule has 0 fully saturated rings. The highest BCUT2D eigenvalue weighted by molar-refractivity contribution is 6.30. The van der Waals surface area contributed by atoms with Gasteiger partial charge in [0.15, 0.2) is 0 Å². The van der Waals surface area contributed by atoms with Crippen molar-refractivity contribution in [1.82, 2.24) is 0 Å². The first kappa shape index (κ1) is 15.8. The molecule has 0 aliphatic rings. The standard InChI is InChI=1S/C15H13ClF3NO/c16-13-3-1-2-11(14(13)19)12(7-20)15(21)8-4-9(17)6-10(18)5-8/h1-6,12,15,21H,7,20H2. The molecule has 21 heavy (non-hydrogen) atoms. The first-order chi connectivity index (χ1) is 9.93. The van der Waals surface area contributed by atoms with Crippen LogP contribution in [0.15, 0.2) is 36.4 Å². The highest BCUT2D eigenvalue weighted by Crippen LogP contribution is 2.34. The van der Waals surface area contributed by atoms with Crippen molar-refractivity contribution in [3.05, 3.63) is 70.0 Å². The summed E-state index contributed by atoms with van der Waals surface area (Å²) >= 11 is 5.70. The van der Waals surface area contributed by atoms with Crippen molar-refractivity contribution in [2.45, 2.75) is 12.0 Å². The Hall–Kier alpha value is -1.56. The molecule has 2 nitrogen and oxygen atoms in total. The van der Waals surface area contributed by atoms with Gasteiger partial charge in [-0.2, -0.15) is 0 Å². The fourth-order valence-electron chi connectivity index (χ4n) is 2.21. The van der Waals surface area contributed by atoms with E-state index in [0.29, 0.717) is 6.07 Å². The van der Waals surface area contributed by atoms with E-state index in [2.05, 4.69) is 0 Å². The third-order valence-electron chi connectivity index (χ3n) is 3.24. The SMILES string of the molecule is NCC(c1cccc(Cl)c1F)C(O)c1cc(F)cc(F)c1. The van der Waals surface area contributed by atoms with Gasteiger partial charge >= 0.3 is 0 Å². The van der Waals surface area contributed by atoms with Crippen LogP contribution in [0, 0.1) is 17.5 Å². The summed E-state index contributed by atoms with van der Waals surface area (Å²) in [4.78, 5) is 0. The minimum Gasteiger partial charge on any atom is -0.388 e. The third-order valence-corrected chi connectivity index (χ3v) is 3.53. The number of aliphatic hydroxyl groups excluding tert-OH is 1. The van der Waals surface area contributed by atoms with Crippen molar-refractivity contribution in [1.29, 1.82) is 0 Å². The smallest absolute Gasteiger partial charge is 0.145 e. The normalized spacial score (nSPS) is 14.0. The summed E-state index contributed by atoms with van der Waals surface area (Å²) in [5.41, 5.74) is 5.67. The maximum Gasteiger partial charge on any atom is 0.145 e. The van der Waals surface area contributed by atoms with Gasteiger partial charge in [0, 0.05) is 18.5 Å². The topological polar surface area (TPSA) is 46.2 Å². The van der Waals surface area contributed by atoms with Gasteiger partial charge in [-0.25, -0.2) is 13.2 Å². The number of benzene rings is 2. The van der Waals surface area contributed by atoms with Crippen molar-refractivity contribution in [3.8, 4) is 0 Å². The molecule has 0 amide bonds. The van der Waals surface area contributed by atoms with E-state index in [4.69, 9.17) is 17.3 Å². The monoisotopic (exact) mass is 315 g/mol. The van der Waals surface area contributed by atoms with Crippen LogP contribution in [0.4, 0.5) is 13.2 Å². The lowest BCUT2D eigenvalue weighted by Gasteiger charge is -2.23. The summed E-state index contributed by atoms with van der Waals surface area (Å²) in [6.07, 6.45) is -1.35. The Morgan fingerprint density at radius 1 is 1.10 bits per heavy atom. The summed E-state index contributed by atoms with van der Waals surface area (Å²) in [5.74, 6) is -3.23. The Morgan fingerprint density at radius 2 is 1.71 bits per heavy atom. The van der Waals surface area contributed by atoms with Crippen LogP contribution in [0.5, 0.6) is 0 Å². The van der Waals surface area contributed by atoms with E-state index in [-0.39, 0.29) is 22.7 Å². The predicted molar refractivity (Wildman–Crippen MR) is 74.5 cm³/mol. The van der Waals surface area contributed by atoms with E-state index in [0.717, 1.165) is 12.1 Å². The van der Waals surface area contributed by atoms with Gasteiger partial charge in [-0.1, -0.05) is 23.7 Å². The van der Waals surface area contributed by atoms with Gasteiger partial charge in [0.05, 0.1) is 11.1 Å². The average molecular weight is 316 g/mol. The molecule has 6 heteroatoms. The molecule has 0 aromatic heterocycles.